The fraction of sp³-hybridized carbons (Fsp3) is 0.261. The fourth-order valence-corrected chi connectivity index (χ4v) is 8.15. The average molecular weight is 627 g/mol. The molecule has 1 aliphatic rings. The van der Waals surface area contributed by atoms with Gasteiger partial charge in [-0.2, -0.15) is 0 Å². The molecule has 2 aromatic heterocycles. The van der Waals surface area contributed by atoms with Crippen LogP contribution in [0.15, 0.2) is 121 Å². The standard InChI is InChI=1S/C46H46N2/c1-45(2,3)29-31-21-23-43-39(25-31)37-17-7-9-19-41(37)47(43)35-15-11-13-33(27-35)34-14-12-16-36(28-34)48-42-20-10-8-18-38(42)40-26-32(22-24-44(40)48)30-46(4,5)6/h7-25,27-28,32H,26,29-30H2,1-6H3. The Kier molecular flexibility index (Phi) is 7.25. The zero-order chi connectivity index (χ0) is 33.2. The van der Waals surface area contributed by atoms with Crippen LogP contribution in [0.5, 0.6) is 0 Å². The first-order valence-corrected chi connectivity index (χ1v) is 17.6. The zero-order valence-corrected chi connectivity index (χ0v) is 29.2. The molecule has 2 heteroatoms. The Balaban J connectivity index is 1.22. The fourth-order valence-electron chi connectivity index (χ4n) is 8.15. The molecule has 8 rings (SSSR count). The first-order chi connectivity index (χ1) is 23.0. The number of benzene rings is 5. The average Bonchev–Trinajstić information content (AvgIpc) is 3.56. The van der Waals surface area contributed by atoms with Gasteiger partial charge in [-0.3, -0.25) is 0 Å². The molecule has 0 saturated carbocycles. The van der Waals surface area contributed by atoms with Crippen LogP contribution in [-0.2, 0) is 12.8 Å². The van der Waals surface area contributed by atoms with Gasteiger partial charge in [0.15, 0.2) is 0 Å². The zero-order valence-electron chi connectivity index (χ0n) is 29.2. The Labute approximate surface area is 285 Å². The van der Waals surface area contributed by atoms with E-state index < -0.39 is 0 Å². The molecule has 5 aromatic carbocycles. The topological polar surface area (TPSA) is 9.86 Å². The van der Waals surface area contributed by atoms with Crippen LogP contribution in [0.1, 0.15) is 64.8 Å². The molecule has 7 aromatic rings. The number of hydrogen-bond donors (Lipinski definition) is 0. The lowest BCUT2D eigenvalue weighted by Gasteiger charge is -2.26. The van der Waals surface area contributed by atoms with Gasteiger partial charge in [-0.05, 0) is 113 Å². The summed E-state index contributed by atoms with van der Waals surface area (Å²) in [6.45, 7) is 14.0. The maximum atomic E-state index is 2.48. The lowest BCUT2D eigenvalue weighted by atomic mass is 9.79. The number of allylic oxidation sites excluding steroid dienone is 1. The quantitative estimate of drug-likeness (QED) is 0.180. The van der Waals surface area contributed by atoms with E-state index in [4.69, 9.17) is 0 Å². The molecule has 48 heavy (non-hydrogen) atoms. The summed E-state index contributed by atoms with van der Waals surface area (Å²) in [7, 11) is 0. The number of nitrogens with zero attached hydrogens (tertiary/aromatic N) is 2. The minimum atomic E-state index is 0.242. The third-order valence-electron chi connectivity index (χ3n) is 9.90. The molecule has 240 valence electrons. The monoisotopic (exact) mass is 626 g/mol. The first-order valence-electron chi connectivity index (χ1n) is 17.6. The van der Waals surface area contributed by atoms with Gasteiger partial charge in [0.2, 0.25) is 0 Å². The molecule has 1 unspecified atom stereocenters. The summed E-state index contributed by atoms with van der Waals surface area (Å²) in [4.78, 5) is 0. The van der Waals surface area contributed by atoms with Gasteiger partial charge in [-0.15, -0.1) is 0 Å². The Morgan fingerprint density at radius 3 is 1.83 bits per heavy atom. The molecule has 0 radical (unpaired) electrons. The van der Waals surface area contributed by atoms with Gasteiger partial charge in [-0.25, -0.2) is 0 Å². The predicted octanol–water partition coefficient (Wildman–Crippen LogP) is 12.6. The summed E-state index contributed by atoms with van der Waals surface area (Å²) >= 11 is 0. The molecule has 0 aliphatic heterocycles. The molecule has 0 saturated heterocycles. The first kappa shape index (κ1) is 30.5. The third kappa shape index (κ3) is 5.58. The summed E-state index contributed by atoms with van der Waals surface area (Å²) in [5.41, 5.74) is 13.4. The second-order valence-electron chi connectivity index (χ2n) is 16.3. The highest BCUT2D eigenvalue weighted by Crippen LogP contribution is 2.40. The van der Waals surface area contributed by atoms with Crippen LogP contribution in [0.4, 0.5) is 0 Å². The summed E-state index contributed by atoms with van der Waals surface area (Å²) in [5, 5.41) is 4.00. The Hall–Kier alpha value is -4.82. The van der Waals surface area contributed by atoms with E-state index in [9.17, 15) is 0 Å². The molecule has 0 N–H and O–H groups in total. The van der Waals surface area contributed by atoms with Crippen molar-refractivity contribution >= 4 is 38.8 Å². The number of hydrogen-bond acceptors (Lipinski definition) is 0. The molecule has 1 aliphatic carbocycles. The van der Waals surface area contributed by atoms with E-state index in [1.54, 1.807) is 0 Å². The molecule has 2 heterocycles. The number of fused-ring (bicyclic) bond motifs is 6. The summed E-state index contributed by atoms with van der Waals surface area (Å²) < 4.78 is 4.91. The SMILES string of the molecule is CC(C)(C)Cc1ccc2c(c1)c1ccccc1n2-c1cccc(-c2cccc(-n3c4c(c5ccccc53)CC(CC(C)(C)C)C=C4)c2)c1. The van der Waals surface area contributed by atoms with Crippen LogP contribution >= 0.6 is 0 Å². The van der Waals surface area contributed by atoms with E-state index in [1.807, 2.05) is 0 Å². The highest BCUT2D eigenvalue weighted by Gasteiger charge is 2.25. The van der Waals surface area contributed by atoms with E-state index in [0.29, 0.717) is 11.3 Å². The molecule has 1 atom stereocenters. The number of aromatic nitrogens is 2. The second-order valence-corrected chi connectivity index (χ2v) is 16.3. The van der Waals surface area contributed by atoms with Crippen LogP contribution in [0.2, 0.25) is 0 Å². The Morgan fingerprint density at radius 1 is 0.562 bits per heavy atom. The predicted molar refractivity (Wildman–Crippen MR) is 207 cm³/mol. The van der Waals surface area contributed by atoms with Crippen molar-refractivity contribution in [3.05, 3.63) is 138 Å². The normalized spacial score (nSPS) is 15.1. The van der Waals surface area contributed by atoms with Crippen molar-refractivity contribution < 1.29 is 0 Å². The maximum Gasteiger partial charge on any atom is 0.0541 e. The van der Waals surface area contributed by atoms with Gasteiger partial charge in [0.05, 0.1) is 16.6 Å². The van der Waals surface area contributed by atoms with Crippen LogP contribution in [0.25, 0.3) is 61.3 Å². The van der Waals surface area contributed by atoms with Crippen molar-refractivity contribution in [2.45, 2.75) is 60.8 Å². The van der Waals surface area contributed by atoms with Gasteiger partial charge in [0.25, 0.3) is 0 Å². The lowest BCUT2D eigenvalue weighted by Crippen LogP contribution is -2.16. The molecule has 2 nitrogen and oxygen atoms in total. The van der Waals surface area contributed by atoms with E-state index in [-0.39, 0.29) is 5.41 Å². The summed E-state index contributed by atoms with van der Waals surface area (Å²) in [5.74, 6) is 0.566. The largest absolute Gasteiger partial charge is 0.310 e. The summed E-state index contributed by atoms with van der Waals surface area (Å²) in [6, 6.07) is 43.0. The minimum Gasteiger partial charge on any atom is -0.310 e. The molecule has 0 spiro atoms. The van der Waals surface area contributed by atoms with Crippen molar-refractivity contribution in [2.24, 2.45) is 16.7 Å². The van der Waals surface area contributed by atoms with Crippen LogP contribution in [-0.4, -0.2) is 9.13 Å². The highest BCUT2D eigenvalue weighted by atomic mass is 15.0. The van der Waals surface area contributed by atoms with Crippen LogP contribution in [0, 0.1) is 16.7 Å². The molecular formula is C46H46N2. The maximum absolute atomic E-state index is 2.48. The van der Waals surface area contributed by atoms with Gasteiger partial charge < -0.3 is 9.13 Å². The molecule has 0 fully saturated rings. The van der Waals surface area contributed by atoms with Gasteiger partial charge in [-0.1, -0.05) is 114 Å². The van der Waals surface area contributed by atoms with E-state index in [1.165, 1.54) is 78.5 Å². The van der Waals surface area contributed by atoms with Gasteiger partial charge >= 0.3 is 0 Å². The second kappa shape index (κ2) is 11.4. The van der Waals surface area contributed by atoms with Crippen molar-refractivity contribution in [1.29, 1.82) is 0 Å². The number of para-hydroxylation sites is 2. The van der Waals surface area contributed by atoms with Crippen LogP contribution in [0.3, 0.4) is 0 Å². The number of rotatable bonds is 5. The van der Waals surface area contributed by atoms with Crippen LogP contribution < -0.4 is 0 Å². The third-order valence-corrected chi connectivity index (χ3v) is 9.90. The van der Waals surface area contributed by atoms with Gasteiger partial charge in [0.1, 0.15) is 0 Å². The van der Waals surface area contributed by atoms with Crippen molar-refractivity contribution in [2.75, 3.05) is 0 Å². The van der Waals surface area contributed by atoms with E-state index in [2.05, 4.69) is 178 Å². The van der Waals surface area contributed by atoms with Crippen molar-refractivity contribution in [3.8, 4) is 22.5 Å². The summed E-state index contributed by atoms with van der Waals surface area (Å²) in [6.07, 6.45) is 8.18. The van der Waals surface area contributed by atoms with E-state index >= 15 is 0 Å². The van der Waals surface area contributed by atoms with Gasteiger partial charge in [0, 0.05) is 33.2 Å². The molecule has 0 amide bonds. The molecule has 0 bridgehead atoms. The lowest BCUT2D eigenvalue weighted by molar-refractivity contribution is 0.324. The van der Waals surface area contributed by atoms with Crippen molar-refractivity contribution in [3.63, 3.8) is 0 Å². The Bertz CT molecular complexity index is 2340. The molecular weight excluding hydrogens is 581 g/mol. The smallest absolute Gasteiger partial charge is 0.0541 e. The Morgan fingerprint density at radius 2 is 1.17 bits per heavy atom. The van der Waals surface area contributed by atoms with E-state index in [0.717, 1.165) is 12.8 Å². The minimum absolute atomic E-state index is 0.242. The highest BCUT2D eigenvalue weighted by molar-refractivity contribution is 6.09. The van der Waals surface area contributed by atoms with Crippen molar-refractivity contribution in [1.82, 2.24) is 9.13 Å².